The molecule has 0 radical (unpaired) electrons. The molecule has 0 atom stereocenters. The molecule has 3 nitrogen and oxygen atoms in total. The molecular weight excluding hydrogens is 302 g/mol. The summed E-state index contributed by atoms with van der Waals surface area (Å²) < 4.78 is 1.02. The molecular formula is C15H10BrN3. The van der Waals surface area contributed by atoms with Crippen LogP contribution in [0.2, 0.25) is 0 Å². The van der Waals surface area contributed by atoms with Crippen LogP contribution in [0.1, 0.15) is 0 Å². The Morgan fingerprint density at radius 3 is 2.53 bits per heavy atom. The van der Waals surface area contributed by atoms with E-state index >= 15 is 0 Å². The Morgan fingerprint density at radius 2 is 1.74 bits per heavy atom. The van der Waals surface area contributed by atoms with Gasteiger partial charge >= 0.3 is 0 Å². The molecule has 19 heavy (non-hydrogen) atoms. The predicted molar refractivity (Wildman–Crippen MR) is 78.4 cm³/mol. The molecule has 0 aliphatic rings. The summed E-state index contributed by atoms with van der Waals surface area (Å²) in [4.78, 5) is 12.7. The Hall–Kier alpha value is -2.07. The molecule has 0 aliphatic carbocycles. The van der Waals surface area contributed by atoms with Crippen molar-refractivity contribution in [3.8, 4) is 22.5 Å². The van der Waals surface area contributed by atoms with Gasteiger partial charge < -0.3 is 0 Å². The highest BCUT2D eigenvalue weighted by molar-refractivity contribution is 9.10. The van der Waals surface area contributed by atoms with Crippen molar-refractivity contribution in [1.82, 2.24) is 15.0 Å². The first-order valence-electron chi connectivity index (χ1n) is 5.82. The van der Waals surface area contributed by atoms with Gasteiger partial charge in [0.1, 0.15) is 6.33 Å². The molecule has 0 saturated heterocycles. The van der Waals surface area contributed by atoms with Gasteiger partial charge in [-0.25, -0.2) is 9.97 Å². The van der Waals surface area contributed by atoms with Gasteiger partial charge in [0, 0.05) is 28.0 Å². The van der Waals surface area contributed by atoms with Gasteiger partial charge in [0.25, 0.3) is 0 Å². The zero-order valence-corrected chi connectivity index (χ0v) is 11.6. The van der Waals surface area contributed by atoms with E-state index in [0.29, 0.717) is 0 Å². The van der Waals surface area contributed by atoms with E-state index in [1.807, 2.05) is 42.5 Å². The van der Waals surface area contributed by atoms with Gasteiger partial charge in [-0.2, -0.15) is 0 Å². The summed E-state index contributed by atoms with van der Waals surface area (Å²) in [6, 6.07) is 13.9. The molecule has 0 unspecified atom stereocenters. The van der Waals surface area contributed by atoms with Crippen LogP contribution < -0.4 is 0 Å². The SMILES string of the molecule is Brc1ccccc1-c1cc(-c2cccnc2)ncn1. The third-order valence-electron chi connectivity index (χ3n) is 2.77. The number of aromatic nitrogens is 3. The summed E-state index contributed by atoms with van der Waals surface area (Å²) in [5.41, 5.74) is 3.79. The van der Waals surface area contributed by atoms with E-state index in [1.54, 1.807) is 18.7 Å². The van der Waals surface area contributed by atoms with E-state index in [2.05, 4.69) is 30.9 Å². The third-order valence-corrected chi connectivity index (χ3v) is 3.47. The van der Waals surface area contributed by atoms with Crippen LogP contribution in [0.4, 0.5) is 0 Å². The van der Waals surface area contributed by atoms with Gasteiger partial charge in [-0.1, -0.05) is 34.1 Å². The van der Waals surface area contributed by atoms with E-state index in [0.717, 1.165) is 27.0 Å². The van der Waals surface area contributed by atoms with Crippen LogP contribution in [0, 0.1) is 0 Å². The first-order chi connectivity index (χ1) is 9.34. The minimum Gasteiger partial charge on any atom is -0.264 e. The number of benzene rings is 1. The average Bonchev–Trinajstić information content (AvgIpc) is 2.49. The topological polar surface area (TPSA) is 38.7 Å². The standard InChI is InChI=1S/C15H10BrN3/c16-13-6-2-1-5-12(13)15-8-14(18-10-19-15)11-4-3-7-17-9-11/h1-10H. The Kier molecular flexibility index (Phi) is 3.33. The molecule has 0 amide bonds. The molecule has 1 aromatic carbocycles. The van der Waals surface area contributed by atoms with Crippen LogP contribution in [0.3, 0.4) is 0 Å². The van der Waals surface area contributed by atoms with Crippen LogP contribution in [0.15, 0.2) is 65.7 Å². The second-order valence-electron chi connectivity index (χ2n) is 4.01. The van der Waals surface area contributed by atoms with Gasteiger partial charge in [0.15, 0.2) is 0 Å². The zero-order chi connectivity index (χ0) is 13.1. The third kappa shape index (κ3) is 2.53. The van der Waals surface area contributed by atoms with Crippen LogP contribution in [0.5, 0.6) is 0 Å². The maximum absolute atomic E-state index is 4.33. The Labute approximate surface area is 119 Å². The smallest absolute Gasteiger partial charge is 0.116 e. The first-order valence-corrected chi connectivity index (χ1v) is 6.61. The van der Waals surface area contributed by atoms with Crippen LogP contribution in [0.25, 0.3) is 22.5 Å². The maximum Gasteiger partial charge on any atom is 0.116 e. The van der Waals surface area contributed by atoms with Crippen molar-refractivity contribution in [3.05, 3.63) is 65.7 Å². The summed E-state index contributed by atoms with van der Waals surface area (Å²) >= 11 is 3.54. The maximum atomic E-state index is 4.33. The Balaban J connectivity index is 2.09. The van der Waals surface area contributed by atoms with Crippen molar-refractivity contribution >= 4 is 15.9 Å². The fourth-order valence-electron chi connectivity index (χ4n) is 1.85. The summed E-state index contributed by atoms with van der Waals surface area (Å²) in [6.07, 6.45) is 5.13. The summed E-state index contributed by atoms with van der Waals surface area (Å²) in [6.45, 7) is 0. The fourth-order valence-corrected chi connectivity index (χ4v) is 2.33. The number of hydrogen-bond donors (Lipinski definition) is 0. The van der Waals surface area contributed by atoms with Gasteiger partial charge in [-0.15, -0.1) is 0 Å². The Bertz CT molecular complexity index is 699. The molecule has 0 N–H and O–H groups in total. The van der Waals surface area contributed by atoms with Gasteiger partial charge in [0.2, 0.25) is 0 Å². The van der Waals surface area contributed by atoms with Crippen molar-refractivity contribution in [3.63, 3.8) is 0 Å². The zero-order valence-electron chi connectivity index (χ0n) is 9.99. The molecule has 3 aromatic rings. The molecule has 4 heteroatoms. The second kappa shape index (κ2) is 5.28. The van der Waals surface area contributed by atoms with Crippen molar-refractivity contribution < 1.29 is 0 Å². The lowest BCUT2D eigenvalue weighted by molar-refractivity contribution is 1.17. The summed E-state index contributed by atoms with van der Waals surface area (Å²) in [5, 5.41) is 0. The highest BCUT2D eigenvalue weighted by Crippen LogP contribution is 2.28. The number of nitrogens with zero attached hydrogens (tertiary/aromatic N) is 3. The second-order valence-corrected chi connectivity index (χ2v) is 4.86. The minimum atomic E-state index is 0.869. The quantitative estimate of drug-likeness (QED) is 0.719. The van der Waals surface area contributed by atoms with E-state index < -0.39 is 0 Å². The highest BCUT2D eigenvalue weighted by atomic mass is 79.9. The summed E-state index contributed by atoms with van der Waals surface area (Å²) in [5.74, 6) is 0. The van der Waals surface area contributed by atoms with Crippen molar-refractivity contribution in [2.45, 2.75) is 0 Å². The fraction of sp³-hybridized carbons (Fsp3) is 0. The van der Waals surface area contributed by atoms with E-state index in [9.17, 15) is 0 Å². The van der Waals surface area contributed by atoms with Crippen LogP contribution in [-0.4, -0.2) is 15.0 Å². The molecule has 0 spiro atoms. The molecule has 0 saturated carbocycles. The lowest BCUT2D eigenvalue weighted by Crippen LogP contribution is -1.90. The highest BCUT2D eigenvalue weighted by Gasteiger charge is 2.06. The molecule has 3 rings (SSSR count). The monoisotopic (exact) mass is 311 g/mol. The largest absolute Gasteiger partial charge is 0.264 e. The van der Waals surface area contributed by atoms with Gasteiger partial charge in [-0.05, 0) is 24.3 Å². The van der Waals surface area contributed by atoms with Gasteiger partial charge in [-0.3, -0.25) is 4.98 Å². The molecule has 2 aromatic heterocycles. The normalized spacial score (nSPS) is 10.4. The molecule has 92 valence electrons. The van der Waals surface area contributed by atoms with Crippen LogP contribution >= 0.6 is 15.9 Å². The number of halogens is 1. The van der Waals surface area contributed by atoms with Crippen molar-refractivity contribution in [2.24, 2.45) is 0 Å². The van der Waals surface area contributed by atoms with Crippen molar-refractivity contribution in [2.75, 3.05) is 0 Å². The lowest BCUT2D eigenvalue weighted by Gasteiger charge is -2.05. The Morgan fingerprint density at radius 1 is 0.895 bits per heavy atom. The number of rotatable bonds is 2. The number of pyridine rings is 1. The predicted octanol–water partition coefficient (Wildman–Crippen LogP) is 3.97. The first kappa shape index (κ1) is 12.0. The number of hydrogen-bond acceptors (Lipinski definition) is 3. The average molecular weight is 312 g/mol. The lowest BCUT2D eigenvalue weighted by atomic mass is 10.1. The van der Waals surface area contributed by atoms with E-state index in [4.69, 9.17) is 0 Å². The van der Waals surface area contributed by atoms with Crippen LogP contribution in [-0.2, 0) is 0 Å². The van der Waals surface area contributed by atoms with Gasteiger partial charge in [0.05, 0.1) is 11.4 Å². The van der Waals surface area contributed by atoms with E-state index in [1.165, 1.54) is 0 Å². The molecule has 0 bridgehead atoms. The molecule has 0 fully saturated rings. The van der Waals surface area contributed by atoms with E-state index in [-0.39, 0.29) is 0 Å². The van der Waals surface area contributed by atoms with Crippen molar-refractivity contribution in [1.29, 1.82) is 0 Å². The molecule has 2 heterocycles. The minimum absolute atomic E-state index is 0.869. The summed E-state index contributed by atoms with van der Waals surface area (Å²) in [7, 11) is 0. The molecule has 0 aliphatic heterocycles.